The Morgan fingerprint density at radius 2 is 1.96 bits per heavy atom. The molecule has 0 radical (unpaired) electrons. The second-order valence-corrected chi connectivity index (χ2v) is 4.75. The molecule has 120 valence electrons. The predicted molar refractivity (Wildman–Crippen MR) is 86.8 cm³/mol. The van der Waals surface area contributed by atoms with Crippen LogP contribution < -0.4 is 14.8 Å². The molecule has 5 heteroatoms. The van der Waals surface area contributed by atoms with E-state index in [1.54, 1.807) is 56.7 Å². The third-order valence-electron chi connectivity index (χ3n) is 3.27. The van der Waals surface area contributed by atoms with Crippen molar-refractivity contribution >= 4 is 12.0 Å². The summed E-state index contributed by atoms with van der Waals surface area (Å²) in [5.41, 5.74) is 1.19. The van der Waals surface area contributed by atoms with Crippen LogP contribution in [0.3, 0.4) is 0 Å². The summed E-state index contributed by atoms with van der Waals surface area (Å²) in [5.74, 6) is 0.616. The van der Waals surface area contributed by atoms with Gasteiger partial charge in [-0.05, 0) is 24.3 Å². The Kier molecular flexibility index (Phi) is 5.74. The summed E-state index contributed by atoms with van der Waals surface area (Å²) >= 11 is 0. The number of hydrogen-bond acceptors (Lipinski definition) is 3. The van der Waals surface area contributed by atoms with Crippen LogP contribution in [0, 0.1) is 5.82 Å². The molecule has 0 saturated heterocycles. The van der Waals surface area contributed by atoms with Crippen LogP contribution in [0.4, 0.5) is 4.39 Å². The largest absolute Gasteiger partial charge is 0.497 e. The van der Waals surface area contributed by atoms with E-state index < -0.39 is 0 Å². The maximum absolute atomic E-state index is 13.5. The van der Waals surface area contributed by atoms with E-state index in [4.69, 9.17) is 9.47 Å². The number of carbonyl (C=O) groups excluding carboxylic acids is 1. The molecular formula is C18H18FNO3. The zero-order valence-electron chi connectivity index (χ0n) is 13.0. The van der Waals surface area contributed by atoms with Gasteiger partial charge in [-0.2, -0.15) is 0 Å². The van der Waals surface area contributed by atoms with Gasteiger partial charge in [-0.15, -0.1) is 0 Å². The molecule has 0 atom stereocenters. The Morgan fingerprint density at radius 3 is 2.65 bits per heavy atom. The van der Waals surface area contributed by atoms with Crippen molar-refractivity contribution < 1.29 is 18.7 Å². The van der Waals surface area contributed by atoms with Gasteiger partial charge in [0.25, 0.3) is 0 Å². The van der Waals surface area contributed by atoms with Gasteiger partial charge < -0.3 is 14.8 Å². The topological polar surface area (TPSA) is 47.6 Å². The van der Waals surface area contributed by atoms with E-state index in [1.807, 2.05) is 0 Å². The van der Waals surface area contributed by atoms with Gasteiger partial charge >= 0.3 is 0 Å². The van der Waals surface area contributed by atoms with E-state index in [2.05, 4.69) is 5.32 Å². The van der Waals surface area contributed by atoms with Crippen LogP contribution in [0.25, 0.3) is 6.08 Å². The van der Waals surface area contributed by atoms with E-state index in [0.29, 0.717) is 17.1 Å². The van der Waals surface area contributed by atoms with E-state index in [-0.39, 0.29) is 18.3 Å². The van der Waals surface area contributed by atoms with Gasteiger partial charge in [0.15, 0.2) is 0 Å². The number of ether oxygens (including phenoxy) is 2. The standard InChI is InChI=1S/C18H18FNO3/c1-22-15-9-7-13(17(11-15)23-2)8-10-18(21)20-12-14-5-3-4-6-16(14)19/h3-11H,12H2,1-2H3,(H,20,21)/b10-8+. The second kappa shape index (κ2) is 7.98. The molecule has 0 heterocycles. The molecule has 2 rings (SSSR count). The van der Waals surface area contributed by atoms with Crippen LogP contribution in [0.2, 0.25) is 0 Å². The lowest BCUT2D eigenvalue weighted by molar-refractivity contribution is -0.116. The number of rotatable bonds is 6. The molecule has 0 saturated carbocycles. The van der Waals surface area contributed by atoms with Crippen LogP contribution in [-0.4, -0.2) is 20.1 Å². The minimum Gasteiger partial charge on any atom is -0.497 e. The first-order valence-electron chi connectivity index (χ1n) is 7.05. The first kappa shape index (κ1) is 16.5. The van der Waals surface area contributed by atoms with Crippen molar-refractivity contribution in [1.29, 1.82) is 0 Å². The van der Waals surface area contributed by atoms with Gasteiger partial charge in [-0.25, -0.2) is 4.39 Å². The fourth-order valence-corrected chi connectivity index (χ4v) is 2.00. The van der Waals surface area contributed by atoms with Gasteiger partial charge in [0.05, 0.1) is 14.2 Å². The summed E-state index contributed by atoms with van der Waals surface area (Å²) in [6.45, 7) is 0.135. The van der Waals surface area contributed by atoms with Crippen LogP contribution in [-0.2, 0) is 11.3 Å². The maximum Gasteiger partial charge on any atom is 0.244 e. The highest BCUT2D eigenvalue weighted by atomic mass is 19.1. The van der Waals surface area contributed by atoms with Crippen molar-refractivity contribution in [1.82, 2.24) is 5.32 Å². The third-order valence-corrected chi connectivity index (χ3v) is 3.27. The van der Waals surface area contributed by atoms with Gasteiger partial charge in [-0.1, -0.05) is 18.2 Å². The molecule has 0 aliphatic heterocycles. The van der Waals surface area contributed by atoms with E-state index >= 15 is 0 Å². The van der Waals surface area contributed by atoms with Crippen molar-refractivity contribution in [3.05, 3.63) is 65.5 Å². The number of amides is 1. The Morgan fingerprint density at radius 1 is 1.17 bits per heavy atom. The molecule has 0 bridgehead atoms. The van der Waals surface area contributed by atoms with Crippen LogP contribution in [0.15, 0.2) is 48.5 Å². The first-order valence-corrected chi connectivity index (χ1v) is 7.05. The van der Waals surface area contributed by atoms with Crippen LogP contribution in [0.5, 0.6) is 11.5 Å². The SMILES string of the molecule is COc1ccc(/C=C/C(=O)NCc2ccccc2F)c(OC)c1. The summed E-state index contributed by atoms with van der Waals surface area (Å²) in [5, 5.41) is 2.64. The molecule has 23 heavy (non-hydrogen) atoms. The van der Waals surface area contributed by atoms with Gasteiger partial charge in [0, 0.05) is 29.8 Å². The highest BCUT2D eigenvalue weighted by Crippen LogP contribution is 2.25. The molecule has 1 N–H and O–H groups in total. The van der Waals surface area contributed by atoms with Crippen molar-refractivity contribution in [3.63, 3.8) is 0 Å². The zero-order valence-corrected chi connectivity index (χ0v) is 13.0. The minimum atomic E-state index is -0.339. The monoisotopic (exact) mass is 315 g/mol. The Labute approximate surface area is 134 Å². The summed E-state index contributed by atoms with van der Waals surface area (Å²) in [7, 11) is 3.12. The number of methoxy groups -OCH3 is 2. The first-order chi connectivity index (χ1) is 11.1. The number of hydrogen-bond donors (Lipinski definition) is 1. The summed E-state index contributed by atoms with van der Waals surface area (Å²) in [4.78, 5) is 11.8. The van der Waals surface area contributed by atoms with Crippen LogP contribution in [0.1, 0.15) is 11.1 Å². The average molecular weight is 315 g/mol. The molecule has 0 unspecified atom stereocenters. The highest BCUT2D eigenvalue weighted by Gasteiger charge is 2.04. The highest BCUT2D eigenvalue weighted by molar-refractivity contribution is 5.92. The van der Waals surface area contributed by atoms with Gasteiger partial charge in [0.1, 0.15) is 17.3 Å². The van der Waals surface area contributed by atoms with Crippen LogP contribution >= 0.6 is 0 Å². The molecule has 2 aromatic carbocycles. The maximum atomic E-state index is 13.5. The normalized spacial score (nSPS) is 10.6. The molecule has 0 aromatic heterocycles. The van der Waals surface area contributed by atoms with E-state index in [1.165, 1.54) is 12.1 Å². The second-order valence-electron chi connectivity index (χ2n) is 4.75. The molecule has 4 nitrogen and oxygen atoms in total. The lowest BCUT2D eigenvalue weighted by Gasteiger charge is -2.07. The van der Waals surface area contributed by atoms with Crippen molar-refractivity contribution in [3.8, 4) is 11.5 Å². The fraction of sp³-hybridized carbons (Fsp3) is 0.167. The Bertz CT molecular complexity index is 713. The number of halogens is 1. The Balaban J connectivity index is 2.00. The minimum absolute atomic E-state index is 0.135. The van der Waals surface area contributed by atoms with Gasteiger partial charge in [-0.3, -0.25) is 4.79 Å². The lowest BCUT2D eigenvalue weighted by atomic mass is 10.1. The van der Waals surface area contributed by atoms with Gasteiger partial charge in [0.2, 0.25) is 5.91 Å². The van der Waals surface area contributed by atoms with Crippen molar-refractivity contribution in [2.24, 2.45) is 0 Å². The smallest absolute Gasteiger partial charge is 0.244 e. The Hall–Kier alpha value is -2.82. The van der Waals surface area contributed by atoms with Crippen molar-refractivity contribution in [2.75, 3.05) is 14.2 Å². The molecular weight excluding hydrogens is 297 g/mol. The average Bonchev–Trinajstić information content (AvgIpc) is 2.59. The number of nitrogens with one attached hydrogen (secondary N) is 1. The number of benzene rings is 2. The fourth-order valence-electron chi connectivity index (χ4n) is 2.00. The third kappa shape index (κ3) is 4.57. The summed E-state index contributed by atoms with van der Waals surface area (Å²) < 4.78 is 23.8. The van der Waals surface area contributed by atoms with E-state index in [9.17, 15) is 9.18 Å². The summed E-state index contributed by atoms with van der Waals surface area (Å²) in [6, 6.07) is 11.6. The molecule has 0 spiro atoms. The number of carbonyl (C=O) groups is 1. The lowest BCUT2D eigenvalue weighted by Crippen LogP contribution is -2.20. The molecule has 0 aliphatic rings. The molecule has 0 aliphatic carbocycles. The quantitative estimate of drug-likeness (QED) is 0.833. The van der Waals surface area contributed by atoms with E-state index in [0.717, 1.165) is 5.56 Å². The zero-order chi connectivity index (χ0) is 16.7. The molecule has 2 aromatic rings. The molecule has 1 amide bonds. The molecule has 0 fully saturated rings. The predicted octanol–water partition coefficient (Wildman–Crippen LogP) is 3.17. The summed E-state index contributed by atoms with van der Waals surface area (Å²) in [6.07, 6.45) is 3.01. The van der Waals surface area contributed by atoms with Crippen molar-refractivity contribution in [2.45, 2.75) is 6.54 Å².